The van der Waals surface area contributed by atoms with Crippen molar-refractivity contribution in [3.63, 3.8) is 0 Å². The Labute approximate surface area is 119 Å². The van der Waals surface area contributed by atoms with Crippen molar-refractivity contribution in [1.82, 2.24) is 14.8 Å². The van der Waals surface area contributed by atoms with Gasteiger partial charge in [-0.25, -0.2) is 9.67 Å². The van der Waals surface area contributed by atoms with Crippen LogP contribution in [0, 0.1) is 6.92 Å². The van der Waals surface area contributed by atoms with Gasteiger partial charge in [0.2, 0.25) is 0 Å². The van der Waals surface area contributed by atoms with E-state index in [1.165, 1.54) is 0 Å². The van der Waals surface area contributed by atoms with Crippen LogP contribution in [0.15, 0.2) is 24.5 Å². The molecule has 0 spiro atoms. The van der Waals surface area contributed by atoms with E-state index in [4.69, 9.17) is 10.5 Å². The fraction of sp³-hybridized carbons (Fsp3) is 0.467. The Morgan fingerprint density at radius 3 is 2.70 bits per heavy atom. The predicted octanol–water partition coefficient (Wildman–Crippen LogP) is 2.77. The second-order valence-corrected chi connectivity index (χ2v) is 5.33. The number of hydrogen-bond acceptors (Lipinski definition) is 4. The summed E-state index contributed by atoms with van der Waals surface area (Å²) in [6.45, 7) is 8.51. The lowest BCUT2D eigenvalue weighted by Gasteiger charge is -2.15. The molecule has 0 unspecified atom stereocenters. The third-order valence-electron chi connectivity index (χ3n) is 3.15. The van der Waals surface area contributed by atoms with Gasteiger partial charge in [-0.2, -0.15) is 5.10 Å². The lowest BCUT2D eigenvalue weighted by atomic mass is 10.1. The molecule has 1 heterocycles. The van der Waals surface area contributed by atoms with Crippen LogP contribution in [0.1, 0.15) is 49.8 Å². The molecule has 0 saturated carbocycles. The van der Waals surface area contributed by atoms with Gasteiger partial charge in [-0.3, -0.25) is 0 Å². The fourth-order valence-corrected chi connectivity index (χ4v) is 2.09. The molecule has 0 aliphatic carbocycles. The van der Waals surface area contributed by atoms with Crippen LogP contribution in [-0.2, 0) is 6.61 Å². The standard InChI is InChI=1S/C15H22N4O/c1-10(2)19-15(17-9-18-19)8-20-14-7-11(3)5-6-13(14)12(4)16/h5-7,9-10,12H,8,16H2,1-4H3/t12-/m0/s1. The van der Waals surface area contributed by atoms with E-state index in [0.29, 0.717) is 6.61 Å². The summed E-state index contributed by atoms with van der Waals surface area (Å²) in [5, 5.41) is 4.20. The summed E-state index contributed by atoms with van der Waals surface area (Å²) in [6, 6.07) is 6.27. The van der Waals surface area contributed by atoms with Gasteiger partial charge in [0.25, 0.3) is 0 Å². The number of benzene rings is 1. The highest BCUT2D eigenvalue weighted by Gasteiger charge is 2.12. The Balaban J connectivity index is 2.18. The van der Waals surface area contributed by atoms with Gasteiger partial charge in [-0.1, -0.05) is 12.1 Å². The number of ether oxygens (including phenoxy) is 1. The molecule has 5 heteroatoms. The van der Waals surface area contributed by atoms with Crippen LogP contribution < -0.4 is 10.5 Å². The van der Waals surface area contributed by atoms with Crippen molar-refractivity contribution in [2.24, 2.45) is 5.73 Å². The average molecular weight is 274 g/mol. The SMILES string of the molecule is Cc1ccc([C@H](C)N)c(OCc2ncnn2C(C)C)c1. The molecule has 0 fully saturated rings. The highest BCUT2D eigenvalue weighted by atomic mass is 16.5. The molecule has 0 saturated heterocycles. The van der Waals surface area contributed by atoms with Crippen molar-refractivity contribution in [3.8, 4) is 5.75 Å². The molecule has 0 aliphatic heterocycles. The first-order chi connectivity index (χ1) is 9.49. The molecule has 1 aromatic carbocycles. The Morgan fingerprint density at radius 2 is 2.05 bits per heavy atom. The Morgan fingerprint density at radius 1 is 1.30 bits per heavy atom. The minimum atomic E-state index is -0.0615. The molecule has 0 radical (unpaired) electrons. The highest BCUT2D eigenvalue weighted by molar-refractivity contribution is 5.38. The van der Waals surface area contributed by atoms with Crippen molar-refractivity contribution in [2.45, 2.75) is 46.4 Å². The quantitative estimate of drug-likeness (QED) is 0.910. The molecule has 1 atom stereocenters. The fourth-order valence-electron chi connectivity index (χ4n) is 2.09. The van der Waals surface area contributed by atoms with Crippen LogP contribution in [0.4, 0.5) is 0 Å². The number of nitrogens with zero attached hydrogens (tertiary/aromatic N) is 3. The first kappa shape index (κ1) is 14.5. The van der Waals surface area contributed by atoms with Crippen molar-refractivity contribution >= 4 is 0 Å². The second-order valence-electron chi connectivity index (χ2n) is 5.33. The zero-order valence-corrected chi connectivity index (χ0v) is 12.5. The van der Waals surface area contributed by atoms with Gasteiger partial charge in [-0.05, 0) is 39.3 Å². The van der Waals surface area contributed by atoms with Crippen LogP contribution in [0.5, 0.6) is 5.75 Å². The van der Waals surface area contributed by atoms with Gasteiger partial charge >= 0.3 is 0 Å². The summed E-state index contributed by atoms with van der Waals surface area (Å²) in [7, 11) is 0. The lowest BCUT2D eigenvalue weighted by Crippen LogP contribution is -2.12. The molecule has 0 amide bonds. The molecule has 20 heavy (non-hydrogen) atoms. The van der Waals surface area contributed by atoms with E-state index in [1.807, 2.05) is 36.7 Å². The number of rotatable bonds is 5. The Kier molecular flexibility index (Phi) is 4.39. The zero-order chi connectivity index (χ0) is 14.7. The first-order valence-electron chi connectivity index (χ1n) is 6.86. The molecule has 108 valence electrons. The van der Waals surface area contributed by atoms with Crippen LogP contribution in [-0.4, -0.2) is 14.8 Å². The van der Waals surface area contributed by atoms with E-state index < -0.39 is 0 Å². The number of hydrogen-bond donors (Lipinski definition) is 1. The van der Waals surface area contributed by atoms with Crippen LogP contribution >= 0.6 is 0 Å². The summed E-state index contributed by atoms with van der Waals surface area (Å²) >= 11 is 0. The maximum absolute atomic E-state index is 5.98. The van der Waals surface area contributed by atoms with Crippen molar-refractivity contribution in [3.05, 3.63) is 41.5 Å². The monoisotopic (exact) mass is 274 g/mol. The molecule has 2 N–H and O–H groups in total. The predicted molar refractivity (Wildman–Crippen MR) is 78.5 cm³/mol. The number of aromatic nitrogens is 3. The summed E-state index contributed by atoms with van der Waals surface area (Å²) in [4.78, 5) is 4.25. The van der Waals surface area contributed by atoms with E-state index >= 15 is 0 Å². The van der Waals surface area contributed by atoms with Gasteiger partial charge in [0.05, 0.1) is 0 Å². The van der Waals surface area contributed by atoms with E-state index in [0.717, 1.165) is 22.7 Å². The molecular weight excluding hydrogens is 252 g/mol. The molecule has 2 aromatic rings. The molecule has 2 rings (SSSR count). The van der Waals surface area contributed by atoms with Crippen LogP contribution in [0.3, 0.4) is 0 Å². The summed E-state index contributed by atoms with van der Waals surface area (Å²) < 4.78 is 7.77. The van der Waals surface area contributed by atoms with Crippen LogP contribution in [0.2, 0.25) is 0 Å². The summed E-state index contributed by atoms with van der Waals surface area (Å²) in [6.07, 6.45) is 1.56. The van der Waals surface area contributed by atoms with Crippen molar-refractivity contribution < 1.29 is 4.74 Å². The van der Waals surface area contributed by atoms with Gasteiger partial charge < -0.3 is 10.5 Å². The Bertz CT molecular complexity index is 575. The van der Waals surface area contributed by atoms with E-state index in [-0.39, 0.29) is 12.1 Å². The smallest absolute Gasteiger partial charge is 0.165 e. The number of nitrogens with two attached hydrogens (primary N) is 1. The van der Waals surface area contributed by atoms with Gasteiger partial charge in [0.15, 0.2) is 5.82 Å². The topological polar surface area (TPSA) is 66.0 Å². The molecule has 0 aliphatic rings. The third-order valence-corrected chi connectivity index (χ3v) is 3.15. The Hall–Kier alpha value is -1.88. The van der Waals surface area contributed by atoms with Gasteiger partial charge in [0.1, 0.15) is 18.7 Å². The van der Waals surface area contributed by atoms with Crippen molar-refractivity contribution in [2.75, 3.05) is 0 Å². The molecule has 0 bridgehead atoms. The largest absolute Gasteiger partial charge is 0.485 e. The zero-order valence-electron chi connectivity index (χ0n) is 12.5. The average Bonchev–Trinajstić information content (AvgIpc) is 2.84. The molecular formula is C15H22N4O. The number of aryl methyl sites for hydroxylation is 1. The second kappa shape index (κ2) is 6.05. The van der Waals surface area contributed by atoms with Crippen molar-refractivity contribution in [1.29, 1.82) is 0 Å². The van der Waals surface area contributed by atoms with Gasteiger partial charge in [-0.15, -0.1) is 0 Å². The van der Waals surface area contributed by atoms with E-state index in [9.17, 15) is 0 Å². The van der Waals surface area contributed by atoms with E-state index in [2.05, 4.69) is 23.9 Å². The summed E-state index contributed by atoms with van der Waals surface area (Å²) in [5.41, 5.74) is 8.13. The third kappa shape index (κ3) is 3.17. The summed E-state index contributed by atoms with van der Waals surface area (Å²) in [5.74, 6) is 1.63. The minimum absolute atomic E-state index is 0.0615. The molecule has 1 aromatic heterocycles. The first-order valence-corrected chi connectivity index (χ1v) is 6.86. The highest BCUT2D eigenvalue weighted by Crippen LogP contribution is 2.25. The van der Waals surface area contributed by atoms with Gasteiger partial charge in [0, 0.05) is 17.6 Å². The molecule has 5 nitrogen and oxygen atoms in total. The van der Waals surface area contributed by atoms with E-state index in [1.54, 1.807) is 6.33 Å². The normalized spacial score (nSPS) is 12.7. The lowest BCUT2D eigenvalue weighted by molar-refractivity contribution is 0.278. The minimum Gasteiger partial charge on any atom is -0.485 e. The maximum atomic E-state index is 5.98. The maximum Gasteiger partial charge on any atom is 0.165 e. The van der Waals surface area contributed by atoms with Crippen LogP contribution in [0.25, 0.3) is 0 Å².